The molecule has 4 aliphatic rings. The smallest absolute Gasteiger partial charge is 0.255 e. The minimum Gasteiger partial charge on any atom is -0.489 e. The second-order valence-electron chi connectivity index (χ2n) is 16.7. The van der Waals surface area contributed by atoms with E-state index >= 15 is 0 Å². The van der Waals surface area contributed by atoms with Crippen molar-refractivity contribution < 1.29 is 28.3 Å². The van der Waals surface area contributed by atoms with Gasteiger partial charge in [-0.25, -0.2) is 9.37 Å². The van der Waals surface area contributed by atoms with Gasteiger partial charge in [-0.2, -0.15) is 5.10 Å². The molecule has 0 bridgehead atoms. The number of nitrogens with two attached hydrogens (primary N) is 1. The predicted molar refractivity (Wildman–Crippen MR) is 234 cm³/mol. The first-order valence-electron chi connectivity index (χ1n) is 21.6. The summed E-state index contributed by atoms with van der Waals surface area (Å²) in [6.45, 7) is 4.86. The summed E-state index contributed by atoms with van der Waals surface area (Å²) in [5, 5.41) is 10.9. The topological polar surface area (TPSA) is 168 Å². The van der Waals surface area contributed by atoms with Gasteiger partial charge in [-0.3, -0.25) is 29.2 Å². The van der Waals surface area contributed by atoms with E-state index in [-0.39, 0.29) is 47.6 Å². The number of aromatic nitrogens is 3. The van der Waals surface area contributed by atoms with Crippen molar-refractivity contribution in [1.82, 2.24) is 34.8 Å². The number of ether oxygens (including phenoxy) is 1. The van der Waals surface area contributed by atoms with Crippen LogP contribution in [0.3, 0.4) is 0 Å². The number of carbonyl (C=O) groups excluding carboxylic acids is 4. The fourth-order valence-electron chi connectivity index (χ4n) is 8.90. The maximum atomic E-state index is 13.9. The third kappa shape index (κ3) is 9.85. The molecule has 4 amide bonds. The third-order valence-corrected chi connectivity index (χ3v) is 13.3. The number of likely N-dealkylation sites (tertiary alicyclic amines) is 2. The summed E-state index contributed by atoms with van der Waals surface area (Å²) >= 11 is 12.3. The highest BCUT2D eigenvalue weighted by molar-refractivity contribution is 6.36. The van der Waals surface area contributed by atoms with Crippen molar-refractivity contribution in [3.8, 4) is 16.9 Å². The van der Waals surface area contributed by atoms with E-state index in [0.717, 1.165) is 87.0 Å². The Kier molecular flexibility index (Phi) is 13.6. The Bertz CT molecular complexity index is 2310. The molecule has 6 heterocycles. The van der Waals surface area contributed by atoms with Crippen LogP contribution in [0.15, 0.2) is 55.0 Å². The molecule has 8 rings (SSSR count). The SMILES string of the molecule is Nc1ncc(-c2cnn(C3CCN(CCCCCCCC(=O)N4CC(Nc5cccc6c5CN([C@@H]5CCC(=O)NC5=O)C6=O)C4)CC3)c2)cc1OCCc1c(Cl)ccc(F)c1Cl. The lowest BCUT2D eigenvalue weighted by molar-refractivity contribution is -0.137. The molecular formula is C45H52Cl2FN9O5. The number of nitrogen functional groups attached to an aromatic ring is 1. The number of hydrogen-bond acceptors (Lipinski definition) is 10. The quantitative estimate of drug-likeness (QED) is 0.0593. The average molecular weight is 889 g/mol. The number of carbonyl (C=O) groups is 4. The molecule has 4 aliphatic heterocycles. The standard InChI is InChI=1S/C45H52Cl2FN9O5/c46-35-10-11-36(48)42(47)33(35)16-20-62-39-21-28(22-50-43(39)49)29-23-51-57(24-29)31-14-18-54(19-15-31)17-5-3-1-2-4-9-41(59)55-25-30(26-55)52-37-8-6-7-32-34(37)27-56(45(32)61)38-12-13-40(58)53-44(38)60/h6-8,10-11,21-24,30-31,38,52H,1-5,9,12-20,25-27H2,(H2,49,50)(H,53,58,60)/t38-/m1/s1. The zero-order valence-corrected chi connectivity index (χ0v) is 36.1. The van der Waals surface area contributed by atoms with Gasteiger partial charge in [0.2, 0.25) is 17.7 Å². The second kappa shape index (κ2) is 19.4. The lowest BCUT2D eigenvalue weighted by Gasteiger charge is -2.40. The fourth-order valence-corrected chi connectivity index (χ4v) is 9.46. The Morgan fingerprint density at radius 2 is 1.77 bits per heavy atom. The van der Waals surface area contributed by atoms with Crippen molar-refractivity contribution in [2.75, 3.05) is 50.4 Å². The number of imide groups is 1. The number of fused-ring (bicyclic) bond motifs is 1. The van der Waals surface area contributed by atoms with E-state index in [1.807, 2.05) is 40.2 Å². The predicted octanol–water partition coefficient (Wildman–Crippen LogP) is 6.66. The Morgan fingerprint density at radius 1 is 0.984 bits per heavy atom. The van der Waals surface area contributed by atoms with Crippen molar-refractivity contribution in [3.63, 3.8) is 0 Å². The number of nitrogens with one attached hydrogen (secondary N) is 2. The van der Waals surface area contributed by atoms with Gasteiger partial charge >= 0.3 is 0 Å². The molecule has 17 heteroatoms. The zero-order valence-electron chi connectivity index (χ0n) is 34.6. The van der Waals surface area contributed by atoms with Crippen LogP contribution in [-0.4, -0.2) is 105 Å². The molecule has 0 saturated carbocycles. The van der Waals surface area contributed by atoms with Crippen molar-refractivity contribution in [1.29, 1.82) is 0 Å². The van der Waals surface area contributed by atoms with Crippen molar-refractivity contribution in [2.45, 2.75) is 95.3 Å². The lowest BCUT2D eigenvalue weighted by atomic mass is 10.0. The summed E-state index contributed by atoms with van der Waals surface area (Å²) in [6.07, 6.45) is 14.4. The van der Waals surface area contributed by atoms with E-state index < -0.39 is 17.8 Å². The summed E-state index contributed by atoms with van der Waals surface area (Å²) in [7, 11) is 0. The first-order valence-corrected chi connectivity index (χ1v) is 22.4. The lowest BCUT2D eigenvalue weighted by Crippen LogP contribution is -2.57. The van der Waals surface area contributed by atoms with E-state index in [0.29, 0.717) is 66.8 Å². The molecule has 4 aromatic rings. The van der Waals surface area contributed by atoms with Crippen molar-refractivity contribution in [2.24, 2.45) is 0 Å². The highest BCUT2D eigenvalue weighted by Gasteiger charge is 2.40. The molecule has 3 fully saturated rings. The van der Waals surface area contributed by atoms with Crippen LogP contribution in [0.25, 0.3) is 11.1 Å². The van der Waals surface area contributed by atoms with Crippen LogP contribution in [0.5, 0.6) is 5.75 Å². The summed E-state index contributed by atoms with van der Waals surface area (Å²) in [5.41, 5.74) is 10.6. The van der Waals surface area contributed by atoms with Crippen molar-refractivity contribution >= 4 is 58.3 Å². The van der Waals surface area contributed by atoms with Crippen LogP contribution in [0.4, 0.5) is 15.9 Å². The van der Waals surface area contributed by atoms with Gasteiger partial charge in [-0.15, -0.1) is 0 Å². The normalized spacial score (nSPS) is 18.5. The number of piperidine rings is 2. The average Bonchev–Trinajstić information content (AvgIpc) is 3.88. The minimum atomic E-state index is -0.651. The number of halogens is 3. The fraction of sp³-hybridized carbons (Fsp3) is 0.467. The summed E-state index contributed by atoms with van der Waals surface area (Å²) in [5.74, 6) is -0.588. The summed E-state index contributed by atoms with van der Waals surface area (Å²) in [6, 6.07) is 9.87. The van der Waals surface area contributed by atoms with E-state index in [1.54, 1.807) is 17.2 Å². The Morgan fingerprint density at radius 3 is 2.58 bits per heavy atom. The molecule has 328 valence electrons. The van der Waals surface area contributed by atoms with E-state index in [9.17, 15) is 23.6 Å². The van der Waals surface area contributed by atoms with Gasteiger partial charge in [0.1, 0.15) is 11.9 Å². The molecule has 0 radical (unpaired) electrons. The molecule has 4 N–H and O–H groups in total. The van der Waals surface area contributed by atoms with Gasteiger partial charge in [0.25, 0.3) is 5.91 Å². The Balaban J connectivity index is 0.688. The molecule has 0 aliphatic carbocycles. The molecule has 3 saturated heterocycles. The third-order valence-electron chi connectivity index (χ3n) is 12.5. The monoisotopic (exact) mass is 887 g/mol. The highest BCUT2D eigenvalue weighted by Crippen LogP contribution is 2.34. The van der Waals surface area contributed by atoms with Gasteiger partial charge in [-0.05, 0) is 74.5 Å². The van der Waals surface area contributed by atoms with E-state index in [2.05, 4.69) is 25.6 Å². The molecule has 0 unspecified atom stereocenters. The number of benzene rings is 2. The van der Waals surface area contributed by atoms with Gasteiger partial charge in [0.15, 0.2) is 11.6 Å². The zero-order chi connectivity index (χ0) is 43.3. The molecule has 0 spiro atoms. The van der Waals surface area contributed by atoms with Crippen LogP contribution in [0.2, 0.25) is 10.0 Å². The number of nitrogens with zero attached hydrogens (tertiary/aromatic N) is 6. The van der Waals surface area contributed by atoms with E-state index in [1.165, 1.54) is 12.1 Å². The number of hydrogen-bond donors (Lipinski definition) is 3. The molecule has 62 heavy (non-hydrogen) atoms. The first kappa shape index (κ1) is 43.4. The van der Waals surface area contributed by atoms with Crippen LogP contribution < -0.4 is 21.1 Å². The first-order chi connectivity index (χ1) is 30.0. The maximum Gasteiger partial charge on any atom is 0.255 e. The van der Waals surface area contributed by atoms with Crippen molar-refractivity contribution in [3.05, 3.63) is 87.5 Å². The molecule has 2 aromatic heterocycles. The van der Waals surface area contributed by atoms with Crippen LogP contribution in [0.1, 0.15) is 91.7 Å². The Hall–Kier alpha value is -5.25. The molecule has 1 atom stereocenters. The summed E-state index contributed by atoms with van der Waals surface area (Å²) < 4.78 is 21.9. The number of rotatable bonds is 17. The van der Waals surface area contributed by atoms with Gasteiger partial charge in [0.05, 0.1) is 29.9 Å². The number of anilines is 2. The molecule has 14 nitrogen and oxygen atoms in total. The van der Waals surface area contributed by atoms with E-state index in [4.69, 9.17) is 33.7 Å². The Labute approximate surface area is 370 Å². The molecular weight excluding hydrogens is 836 g/mol. The van der Waals surface area contributed by atoms with Gasteiger partial charge in [0, 0.05) is 97.3 Å². The molecule has 2 aromatic carbocycles. The van der Waals surface area contributed by atoms with Crippen LogP contribution in [0, 0.1) is 5.82 Å². The van der Waals surface area contributed by atoms with Gasteiger partial charge < -0.3 is 30.5 Å². The van der Waals surface area contributed by atoms with Gasteiger partial charge in [-0.1, -0.05) is 48.5 Å². The minimum absolute atomic E-state index is 0.00926. The second-order valence-corrected chi connectivity index (χ2v) is 17.5. The maximum absolute atomic E-state index is 13.9. The van der Waals surface area contributed by atoms with Crippen LogP contribution in [-0.2, 0) is 27.3 Å². The highest BCUT2D eigenvalue weighted by atomic mass is 35.5. The number of amides is 4. The number of unbranched alkanes of at least 4 members (excludes halogenated alkanes) is 4. The van der Waals surface area contributed by atoms with Crippen LogP contribution >= 0.6 is 23.2 Å². The largest absolute Gasteiger partial charge is 0.489 e. The summed E-state index contributed by atoms with van der Waals surface area (Å²) in [4.78, 5) is 60.4. The number of pyridine rings is 1.